The number of amides is 1. The Labute approximate surface area is 75.9 Å². The first kappa shape index (κ1) is 9.64. The maximum atomic E-state index is 10.9. The van der Waals surface area contributed by atoms with Crippen molar-refractivity contribution in [2.24, 2.45) is 0 Å². The lowest BCUT2D eigenvalue weighted by Crippen LogP contribution is -2.27. The van der Waals surface area contributed by atoms with E-state index >= 15 is 0 Å². The molecule has 1 rings (SSSR count). The second-order valence-corrected chi connectivity index (χ2v) is 2.10. The summed E-state index contributed by atoms with van der Waals surface area (Å²) in [4.78, 5) is 33.6. The van der Waals surface area contributed by atoms with Gasteiger partial charge in [-0.15, -0.1) is 0 Å². The molecule has 0 fully saturated rings. The zero-order valence-corrected chi connectivity index (χ0v) is 6.50. The number of hydrogen-bond donors (Lipinski definition) is 1. The molecule has 14 heavy (non-hydrogen) atoms. The Hall–Kier alpha value is -2.45. The van der Waals surface area contributed by atoms with E-state index in [2.05, 4.69) is 4.84 Å². The summed E-state index contributed by atoms with van der Waals surface area (Å²) in [7, 11) is 0. The van der Waals surface area contributed by atoms with Crippen LogP contribution in [0.15, 0.2) is 23.7 Å². The van der Waals surface area contributed by atoms with Crippen molar-refractivity contribution >= 4 is 5.91 Å². The van der Waals surface area contributed by atoms with E-state index in [1.165, 1.54) is 0 Å². The van der Waals surface area contributed by atoms with E-state index in [1.54, 1.807) is 5.48 Å². The predicted octanol–water partition coefficient (Wildman–Crippen LogP) is -0.673. The minimum absolute atomic E-state index is 0.718. The van der Waals surface area contributed by atoms with Crippen molar-refractivity contribution < 1.29 is 19.5 Å². The van der Waals surface area contributed by atoms with Crippen LogP contribution < -0.4 is 5.48 Å². The van der Waals surface area contributed by atoms with Gasteiger partial charge >= 0.3 is 17.3 Å². The van der Waals surface area contributed by atoms with Crippen molar-refractivity contribution in [3.8, 4) is 0 Å². The molecule has 1 N–H and O–H groups in total. The van der Waals surface area contributed by atoms with E-state index in [0.29, 0.717) is 0 Å². The second-order valence-electron chi connectivity index (χ2n) is 2.10. The van der Waals surface area contributed by atoms with E-state index in [9.17, 15) is 25.0 Å². The summed E-state index contributed by atoms with van der Waals surface area (Å²) in [6.45, 7) is 0. The van der Waals surface area contributed by atoms with Gasteiger partial charge in [0, 0.05) is 0 Å². The molecule has 0 unspecified atom stereocenters. The summed E-state index contributed by atoms with van der Waals surface area (Å²) in [6.07, 6.45) is 1.49. The van der Waals surface area contributed by atoms with Crippen LogP contribution in [0.25, 0.3) is 0 Å². The molecule has 0 aromatic carbocycles. The largest absolute Gasteiger partial charge is 0.412 e. The fraction of sp³-hybridized carbons (Fsp3) is 0. The molecule has 0 saturated heterocycles. The SMILES string of the molecule is O=C1NOC=CC([N+](=O)[O-])=C1[N+](=O)[O-]. The molecule has 74 valence electrons. The van der Waals surface area contributed by atoms with E-state index in [-0.39, 0.29) is 0 Å². The molecule has 1 amide bonds. The number of hydroxylamine groups is 1. The van der Waals surface area contributed by atoms with Crippen LogP contribution in [-0.4, -0.2) is 15.8 Å². The number of carbonyl (C=O) groups excluding carboxylic acids is 1. The topological polar surface area (TPSA) is 125 Å². The van der Waals surface area contributed by atoms with Gasteiger partial charge in [0.25, 0.3) is 0 Å². The monoisotopic (exact) mass is 201 g/mol. The van der Waals surface area contributed by atoms with Gasteiger partial charge in [0.1, 0.15) is 6.26 Å². The van der Waals surface area contributed by atoms with Gasteiger partial charge in [0.05, 0.1) is 15.9 Å². The first-order chi connectivity index (χ1) is 6.54. The lowest BCUT2D eigenvalue weighted by molar-refractivity contribution is -0.463. The van der Waals surface area contributed by atoms with Crippen molar-refractivity contribution in [1.29, 1.82) is 0 Å². The van der Waals surface area contributed by atoms with Crippen molar-refractivity contribution in [3.05, 3.63) is 44.0 Å². The summed E-state index contributed by atoms with van der Waals surface area (Å²) in [6, 6.07) is 0. The van der Waals surface area contributed by atoms with Crippen molar-refractivity contribution in [1.82, 2.24) is 5.48 Å². The van der Waals surface area contributed by atoms with Gasteiger partial charge in [-0.25, -0.2) is 0 Å². The third-order valence-electron chi connectivity index (χ3n) is 1.28. The fourth-order valence-corrected chi connectivity index (χ4v) is 0.753. The van der Waals surface area contributed by atoms with Crippen LogP contribution in [-0.2, 0) is 9.63 Å². The molecule has 9 heteroatoms. The highest BCUT2D eigenvalue weighted by molar-refractivity contribution is 5.91. The maximum Gasteiger partial charge on any atom is 0.412 e. The number of nitrogens with one attached hydrogen (secondary N) is 1. The molecule has 0 saturated carbocycles. The Bertz CT molecular complexity index is 370. The Morgan fingerprint density at radius 3 is 2.43 bits per heavy atom. The third kappa shape index (κ3) is 1.65. The molecule has 0 spiro atoms. The van der Waals surface area contributed by atoms with Crippen molar-refractivity contribution in [3.63, 3.8) is 0 Å². The summed E-state index contributed by atoms with van der Waals surface area (Å²) < 4.78 is 0. The highest BCUT2D eigenvalue weighted by Gasteiger charge is 2.36. The quantitative estimate of drug-likeness (QED) is 0.466. The van der Waals surface area contributed by atoms with E-state index in [0.717, 1.165) is 12.3 Å². The molecular formula is C5H3N3O6. The van der Waals surface area contributed by atoms with E-state index in [1.807, 2.05) is 0 Å². The average molecular weight is 201 g/mol. The van der Waals surface area contributed by atoms with Gasteiger partial charge in [-0.1, -0.05) is 0 Å². The number of allylic oxidation sites excluding steroid dienone is 1. The molecule has 1 aliphatic rings. The Balaban J connectivity index is 3.30. The van der Waals surface area contributed by atoms with E-state index < -0.39 is 27.1 Å². The van der Waals surface area contributed by atoms with Crippen LogP contribution >= 0.6 is 0 Å². The van der Waals surface area contributed by atoms with Crippen LogP contribution in [0.1, 0.15) is 0 Å². The molecular weight excluding hydrogens is 198 g/mol. The molecule has 0 bridgehead atoms. The fourth-order valence-electron chi connectivity index (χ4n) is 0.753. The summed E-state index contributed by atoms with van der Waals surface area (Å²) in [5, 5.41) is 20.6. The Kier molecular flexibility index (Phi) is 2.42. The van der Waals surface area contributed by atoms with Gasteiger partial charge in [0.15, 0.2) is 0 Å². The number of nitro groups is 2. The Morgan fingerprint density at radius 1 is 1.29 bits per heavy atom. The molecule has 0 aromatic heterocycles. The van der Waals surface area contributed by atoms with E-state index in [4.69, 9.17) is 0 Å². The maximum absolute atomic E-state index is 10.9. The first-order valence-corrected chi connectivity index (χ1v) is 3.19. The minimum Gasteiger partial charge on any atom is -0.387 e. The smallest absolute Gasteiger partial charge is 0.387 e. The van der Waals surface area contributed by atoms with Gasteiger partial charge < -0.3 is 4.84 Å². The van der Waals surface area contributed by atoms with Gasteiger partial charge in [-0.3, -0.25) is 25.0 Å². The summed E-state index contributed by atoms with van der Waals surface area (Å²) in [5.41, 5.74) is -0.458. The molecule has 1 aliphatic heterocycles. The van der Waals surface area contributed by atoms with Crippen molar-refractivity contribution in [2.45, 2.75) is 0 Å². The number of carbonyl (C=O) groups is 1. The number of hydrogen-bond acceptors (Lipinski definition) is 6. The molecule has 0 aliphatic carbocycles. The highest BCUT2D eigenvalue weighted by Crippen LogP contribution is 2.10. The number of rotatable bonds is 2. The van der Waals surface area contributed by atoms with Crippen molar-refractivity contribution in [2.75, 3.05) is 0 Å². The second kappa shape index (κ2) is 3.51. The van der Waals surface area contributed by atoms with Crippen LogP contribution in [0.5, 0.6) is 0 Å². The zero-order chi connectivity index (χ0) is 10.7. The van der Waals surface area contributed by atoms with Crippen LogP contribution in [0.3, 0.4) is 0 Å². The van der Waals surface area contributed by atoms with Gasteiger partial charge in [-0.2, -0.15) is 5.48 Å². The standard InChI is InChI=1S/C5H3N3O6/c9-5-4(8(12)13)3(7(10)11)1-2-14-6-5/h1-2H,(H,6,9). The normalized spacial score (nSPS) is 15.6. The predicted molar refractivity (Wildman–Crippen MR) is 39.4 cm³/mol. The highest BCUT2D eigenvalue weighted by atomic mass is 16.7. The average Bonchev–Trinajstić information content (AvgIpc) is 2.26. The molecule has 1 heterocycles. The van der Waals surface area contributed by atoms with Crippen LogP contribution in [0.2, 0.25) is 0 Å². The minimum atomic E-state index is -1.27. The molecule has 0 radical (unpaired) electrons. The van der Waals surface area contributed by atoms with Crippen LogP contribution in [0.4, 0.5) is 0 Å². The van der Waals surface area contributed by atoms with Gasteiger partial charge in [-0.05, 0) is 0 Å². The lowest BCUT2D eigenvalue weighted by atomic mass is 10.3. The Morgan fingerprint density at radius 2 is 1.93 bits per heavy atom. The van der Waals surface area contributed by atoms with Crippen LogP contribution in [0, 0.1) is 20.2 Å². The zero-order valence-electron chi connectivity index (χ0n) is 6.50. The van der Waals surface area contributed by atoms with Gasteiger partial charge in [0.2, 0.25) is 0 Å². The molecule has 0 atom stereocenters. The molecule has 9 nitrogen and oxygen atoms in total. The lowest BCUT2D eigenvalue weighted by Gasteiger charge is -1.96. The third-order valence-corrected chi connectivity index (χ3v) is 1.28. The first-order valence-electron chi connectivity index (χ1n) is 3.19. The number of nitrogens with zero attached hydrogens (tertiary/aromatic N) is 2. The summed E-state index contributed by atoms with van der Waals surface area (Å²) in [5.74, 6) is -1.27. The summed E-state index contributed by atoms with van der Waals surface area (Å²) >= 11 is 0. The molecule has 0 aromatic rings.